The summed E-state index contributed by atoms with van der Waals surface area (Å²) < 4.78 is 0. The molecule has 0 aliphatic heterocycles. The van der Waals surface area contributed by atoms with Gasteiger partial charge in [0.15, 0.2) is 0 Å². The summed E-state index contributed by atoms with van der Waals surface area (Å²) in [5.74, 6) is 0. The summed E-state index contributed by atoms with van der Waals surface area (Å²) >= 11 is 0. The average molecular weight is 262 g/mol. The molecule has 0 nitrogen and oxygen atoms in total. The number of rotatable bonds is 0. The minimum Gasteiger partial charge on any atom is -1.00 e. The van der Waals surface area contributed by atoms with Crippen molar-refractivity contribution in [3.63, 3.8) is 0 Å². The zero-order chi connectivity index (χ0) is 7.94. The fraction of sp³-hybridized carbons (Fsp3) is 0.600. The maximum Gasteiger partial charge on any atom is 2.00 e. The van der Waals surface area contributed by atoms with Gasteiger partial charge in [0.1, 0.15) is 0 Å². The monoisotopic (exact) mass is 260 g/mol. The Kier molecular flexibility index (Phi) is 6.02. The van der Waals surface area contributed by atoms with Crippen molar-refractivity contribution in [1.82, 2.24) is 0 Å². The molecule has 0 atom stereocenters. The van der Waals surface area contributed by atoms with Gasteiger partial charge in [-0.25, -0.2) is 5.57 Å². The van der Waals surface area contributed by atoms with Crippen LogP contribution in [-0.2, 0) is 26.2 Å². The van der Waals surface area contributed by atoms with Crippen molar-refractivity contribution in [3.05, 3.63) is 22.8 Å². The zero-order valence-electron chi connectivity index (χ0n) is 8.38. The van der Waals surface area contributed by atoms with Crippen molar-refractivity contribution in [3.8, 4) is 0 Å². The van der Waals surface area contributed by atoms with Gasteiger partial charge in [-0.2, -0.15) is 11.1 Å². The second kappa shape index (κ2) is 4.77. The third-order valence-electron chi connectivity index (χ3n) is 2.56. The molecule has 1 aliphatic rings. The molecule has 0 aromatic heterocycles. The van der Waals surface area contributed by atoms with Crippen LogP contribution in [0.15, 0.2) is 16.7 Å². The zero-order valence-corrected chi connectivity index (χ0v) is 11.6. The maximum atomic E-state index is 3.44. The quantitative estimate of drug-likeness (QED) is 0.544. The Hall–Kier alpha value is 0.653. The van der Waals surface area contributed by atoms with Gasteiger partial charge >= 0.3 is 26.2 Å². The SMILES string of the molecule is CC1=[C-]C(C)(C)C(C)=C1C.[Cl-].[Zr+2]. The maximum absolute atomic E-state index is 3.44. The Morgan fingerprint density at radius 2 is 1.50 bits per heavy atom. The van der Waals surface area contributed by atoms with Crippen LogP contribution < -0.4 is 12.4 Å². The van der Waals surface area contributed by atoms with Crippen LogP contribution in [0, 0.1) is 11.5 Å². The molecule has 2 heteroatoms. The predicted molar refractivity (Wildman–Crippen MR) is 44.6 cm³/mol. The second-order valence-corrected chi connectivity index (χ2v) is 3.62. The summed E-state index contributed by atoms with van der Waals surface area (Å²) in [7, 11) is 0. The van der Waals surface area contributed by atoms with Crippen LogP contribution in [0.1, 0.15) is 34.6 Å². The molecule has 66 valence electrons. The molecular formula is C10H15ClZr. The largest absolute Gasteiger partial charge is 2.00 e. The standard InChI is InChI=1S/C10H15.ClH.Zr/c1-7-6-10(4,5)9(3)8(7)2;;/h1-5H3;1H;/q-1;;+2/p-1. The minimum absolute atomic E-state index is 0. The molecule has 0 amide bonds. The molecule has 0 unspecified atom stereocenters. The Morgan fingerprint density at radius 1 is 1.08 bits per heavy atom. The molecule has 0 radical (unpaired) electrons. The topological polar surface area (TPSA) is 0 Å². The smallest absolute Gasteiger partial charge is 1.00 e. The van der Waals surface area contributed by atoms with Crippen LogP contribution >= 0.6 is 0 Å². The molecule has 0 aromatic rings. The molecule has 1 rings (SSSR count). The molecule has 0 bridgehead atoms. The summed E-state index contributed by atoms with van der Waals surface area (Å²) in [6.45, 7) is 10.9. The van der Waals surface area contributed by atoms with E-state index in [2.05, 4.69) is 40.7 Å². The normalized spacial score (nSPS) is 19.6. The van der Waals surface area contributed by atoms with Crippen molar-refractivity contribution in [1.29, 1.82) is 0 Å². The number of hydrogen-bond acceptors (Lipinski definition) is 0. The van der Waals surface area contributed by atoms with E-state index in [1.807, 2.05) is 0 Å². The van der Waals surface area contributed by atoms with Gasteiger partial charge < -0.3 is 12.4 Å². The molecule has 0 heterocycles. The average Bonchev–Trinajstić information content (AvgIpc) is 1.95. The van der Waals surface area contributed by atoms with E-state index in [4.69, 9.17) is 0 Å². The molecule has 0 spiro atoms. The Labute approximate surface area is 101 Å². The van der Waals surface area contributed by atoms with Gasteiger partial charge in [-0.05, 0) is 0 Å². The van der Waals surface area contributed by atoms with E-state index in [1.165, 1.54) is 16.7 Å². The summed E-state index contributed by atoms with van der Waals surface area (Å²) in [6.07, 6.45) is 3.44. The molecule has 0 N–H and O–H groups in total. The third kappa shape index (κ3) is 2.57. The van der Waals surface area contributed by atoms with E-state index in [9.17, 15) is 0 Å². The van der Waals surface area contributed by atoms with Crippen LogP contribution in [0.5, 0.6) is 0 Å². The number of halogens is 1. The first-order valence-corrected chi connectivity index (χ1v) is 3.75. The Balaban J connectivity index is 0. The van der Waals surface area contributed by atoms with Crippen molar-refractivity contribution in [2.45, 2.75) is 34.6 Å². The van der Waals surface area contributed by atoms with Crippen LogP contribution in [0.3, 0.4) is 0 Å². The summed E-state index contributed by atoms with van der Waals surface area (Å²) in [5, 5.41) is 0. The number of allylic oxidation sites excluding steroid dienone is 4. The summed E-state index contributed by atoms with van der Waals surface area (Å²) in [4.78, 5) is 0. The van der Waals surface area contributed by atoms with Crippen LogP contribution in [0.2, 0.25) is 0 Å². The minimum atomic E-state index is 0. The van der Waals surface area contributed by atoms with Gasteiger partial charge in [-0.15, -0.1) is 6.92 Å². The van der Waals surface area contributed by atoms with Gasteiger partial charge in [-0.1, -0.05) is 33.1 Å². The van der Waals surface area contributed by atoms with E-state index in [-0.39, 0.29) is 44.0 Å². The van der Waals surface area contributed by atoms with E-state index in [0.717, 1.165) is 0 Å². The Morgan fingerprint density at radius 3 is 1.58 bits per heavy atom. The third-order valence-corrected chi connectivity index (χ3v) is 2.56. The van der Waals surface area contributed by atoms with E-state index < -0.39 is 0 Å². The van der Waals surface area contributed by atoms with Crippen LogP contribution in [0.25, 0.3) is 0 Å². The van der Waals surface area contributed by atoms with Crippen molar-refractivity contribution in [2.75, 3.05) is 0 Å². The second-order valence-electron chi connectivity index (χ2n) is 3.62. The van der Waals surface area contributed by atoms with Crippen LogP contribution in [-0.4, -0.2) is 0 Å². The van der Waals surface area contributed by atoms with Crippen molar-refractivity contribution < 1.29 is 38.6 Å². The van der Waals surface area contributed by atoms with Crippen LogP contribution in [0.4, 0.5) is 0 Å². The van der Waals surface area contributed by atoms with Gasteiger partial charge in [0.05, 0.1) is 0 Å². The fourth-order valence-electron chi connectivity index (χ4n) is 1.41. The Bertz CT molecular complexity index is 224. The predicted octanol–water partition coefficient (Wildman–Crippen LogP) is 0.114. The number of hydrogen-bond donors (Lipinski definition) is 0. The summed E-state index contributed by atoms with van der Waals surface area (Å²) in [5.41, 5.74) is 4.39. The van der Waals surface area contributed by atoms with E-state index >= 15 is 0 Å². The first-order valence-electron chi connectivity index (χ1n) is 3.75. The van der Waals surface area contributed by atoms with Gasteiger partial charge in [0.2, 0.25) is 0 Å². The molecule has 1 aliphatic carbocycles. The van der Waals surface area contributed by atoms with E-state index in [0.29, 0.717) is 0 Å². The molecule has 12 heavy (non-hydrogen) atoms. The first-order chi connectivity index (χ1) is 4.45. The van der Waals surface area contributed by atoms with E-state index in [1.54, 1.807) is 0 Å². The van der Waals surface area contributed by atoms with Gasteiger partial charge in [-0.3, -0.25) is 6.08 Å². The molecule has 0 saturated carbocycles. The van der Waals surface area contributed by atoms with Gasteiger partial charge in [0.25, 0.3) is 0 Å². The van der Waals surface area contributed by atoms with Crippen molar-refractivity contribution >= 4 is 0 Å². The molecule has 0 fully saturated rings. The summed E-state index contributed by atoms with van der Waals surface area (Å²) in [6, 6.07) is 0. The molecule has 0 aromatic carbocycles. The first kappa shape index (κ1) is 15.1. The molecular weight excluding hydrogens is 247 g/mol. The fourth-order valence-corrected chi connectivity index (χ4v) is 1.41. The molecule has 0 saturated heterocycles. The van der Waals surface area contributed by atoms with Crippen molar-refractivity contribution in [2.24, 2.45) is 5.41 Å². The van der Waals surface area contributed by atoms with Gasteiger partial charge in [0, 0.05) is 0 Å².